The summed E-state index contributed by atoms with van der Waals surface area (Å²) in [4.78, 5) is 4.77. The van der Waals surface area contributed by atoms with Gasteiger partial charge in [0.25, 0.3) is 5.89 Å². The number of aromatic nitrogens is 3. The van der Waals surface area contributed by atoms with Crippen LogP contribution in [0.2, 0.25) is 0 Å². The number of hydrogen-bond donors (Lipinski definition) is 3. The number of aliphatic hydroxyl groups is 1. The minimum Gasteiger partial charge on any atom is -0.402 e. The molecule has 0 amide bonds. The lowest BCUT2D eigenvalue weighted by molar-refractivity contribution is -0.115. The second kappa shape index (κ2) is 8.48. The van der Waals surface area contributed by atoms with E-state index < -0.39 is 12.7 Å². The maximum atomic E-state index is 12.7. The van der Waals surface area contributed by atoms with E-state index in [-0.39, 0.29) is 35.9 Å². The van der Waals surface area contributed by atoms with Crippen molar-refractivity contribution in [2.24, 2.45) is 5.92 Å². The van der Waals surface area contributed by atoms with Crippen LogP contribution in [-0.2, 0) is 5.41 Å². The summed E-state index contributed by atoms with van der Waals surface area (Å²) in [6, 6.07) is 5.57. The van der Waals surface area contributed by atoms with Crippen LogP contribution in [0, 0.1) is 12.8 Å². The minimum absolute atomic E-state index is 0.102. The number of hydrogen-bond acceptors (Lipinski definition) is 7. The molecule has 1 aromatic carbocycles. The van der Waals surface area contributed by atoms with E-state index in [1.807, 2.05) is 27.7 Å². The van der Waals surface area contributed by atoms with E-state index in [0.29, 0.717) is 16.9 Å². The van der Waals surface area contributed by atoms with Gasteiger partial charge in [0.2, 0.25) is 0 Å². The molecule has 2 aromatic heterocycles. The molecule has 3 N–H and O–H groups in total. The molecule has 1 saturated carbocycles. The summed E-state index contributed by atoms with van der Waals surface area (Å²) in [6.45, 7) is 6.85. The Hall–Kier alpha value is -2.88. The van der Waals surface area contributed by atoms with Crippen LogP contribution in [-0.4, -0.2) is 45.7 Å². The molecule has 1 fully saturated rings. The Morgan fingerprint density at radius 1 is 1.12 bits per heavy atom. The topological polar surface area (TPSA) is 96.1 Å². The first-order valence-electron chi connectivity index (χ1n) is 10.9. The number of rotatable bonds is 6. The van der Waals surface area contributed by atoms with Gasteiger partial charge in [-0.3, -0.25) is 0 Å². The normalized spacial score (nSPS) is 18.9. The van der Waals surface area contributed by atoms with Gasteiger partial charge in [0.05, 0.1) is 5.52 Å². The number of anilines is 2. The highest BCUT2D eigenvalue weighted by Gasteiger charge is 2.31. The van der Waals surface area contributed by atoms with Crippen molar-refractivity contribution in [3.8, 4) is 11.6 Å². The van der Waals surface area contributed by atoms with Crippen molar-refractivity contribution in [3.63, 3.8) is 0 Å². The number of alkyl halides is 3. The molecule has 10 heteroatoms. The van der Waals surface area contributed by atoms with Crippen LogP contribution in [0.25, 0.3) is 22.5 Å². The van der Waals surface area contributed by atoms with Crippen LogP contribution in [0.5, 0.6) is 0 Å². The first kappa shape index (κ1) is 23.3. The number of benzene rings is 1. The van der Waals surface area contributed by atoms with Gasteiger partial charge in [-0.2, -0.15) is 13.2 Å². The van der Waals surface area contributed by atoms with Crippen LogP contribution in [0.15, 0.2) is 22.6 Å². The number of nitrogens with zero attached hydrogens (tertiary/aromatic N) is 3. The minimum atomic E-state index is -4.31. The summed E-state index contributed by atoms with van der Waals surface area (Å²) >= 11 is 0. The molecule has 2 atom stereocenters. The molecule has 178 valence electrons. The zero-order valence-corrected chi connectivity index (χ0v) is 19.0. The van der Waals surface area contributed by atoms with Crippen molar-refractivity contribution in [2.45, 2.75) is 58.2 Å². The molecule has 4 rings (SSSR count). The van der Waals surface area contributed by atoms with Crippen molar-refractivity contribution in [1.29, 1.82) is 0 Å². The fourth-order valence-electron chi connectivity index (χ4n) is 4.00. The first-order chi connectivity index (χ1) is 15.4. The lowest BCUT2D eigenvalue weighted by atomic mass is 9.80. The fourth-order valence-corrected chi connectivity index (χ4v) is 4.00. The first-order valence-corrected chi connectivity index (χ1v) is 10.9. The SMILES string of the molecule is Cc1cc(-c2nnc(N[C@H]3CCC3CO)o2)nc2c(C(C)(C)C)cc(NCC(F)(F)F)cc12. The van der Waals surface area contributed by atoms with Gasteiger partial charge in [-0.05, 0) is 54.5 Å². The van der Waals surface area contributed by atoms with Gasteiger partial charge in [-0.1, -0.05) is 25.9 Å². The molecule has 1 aliphatic rings. The molecule has 0 radical (unpaired) electrons. The van der Waals surface area contributed by atoms with E-state index in [1.54, 1.807) is 18.2 Å². The number of aliphatic hydroxyl groups excluding tert-OH is 1. The molecule has 1 aliphatic carbocycles. The zero-order chi connectivity index (χ0) is 24.0. The number of pyridine rings is 1. The summed E-state index contributed by atoms with van der Waals surface area (Å²) in [6.07, 6.45) is -2.43. The summed E-state index contributed by atoms with van der Waals surface area (Å²) in [5.74, 6) is 0.428. The Balaban J connectivity index is 1.70. The van der Waals surface area contributed by atoms with Crippen LogP contribution in [0.4, 0.5) is 24.9 Å². The van der Waals surface area contributed by atoms with E-state index in [9.17, 15) is 18.3 Å². The van der Waals surface area contributed by atoms with Crippen LogP contribution >= 0.6 is 0 Å². The van der Waals surface area contributed by atoms with E-state index in [1.165, 1.54) is 0 Å². The van der Waals surface area contributed by atoms with Gasteiger partial charge in [0.1, 0.15) is 12.2 Å². The summed E-state index contributed by atoms with van der Waals surface area (Å²) < 4.78 is 44.0. The molecule has 7 nitrogen and oxygen atoms in total. The van der Waals surface area contributed by atoms with Gasteiger partial charge < -0.3 is 20.2 Å². The molecular formula is C23H28F3N5O2. The Morgan fingerprint density at radius 3 is 2.48 bits per heavy atom. The van der Waals surface area contributed by atoms with Crippen molar-refractivity contribution >= 4 is 22.6 Å². The van der Waals surface area contributed by atoms with Crippen molar-refractivity contribution in [3.05, 3.63) is 29.3 Å². The predicted molar refractivity (Wildman–Crippen MR) is 120 cm³/mol. The maximum Gasteiger partial charge on any atom is 0.405 e. The molecule has 3 aromatic rings. The third-order valence-electron chi connectivity index (χ3n) is 6.03. The molecule has 0 bridgehead atoms. The Bertz CT molecular complexity index is 1150. The van der Waals surface area contributed by atoms with Gasteiger partial charge in [0, 0.05) is 29.6 Å². The Labute approximate surface area is 189 Å². The van der Waals surface area contributed by atoms with Crippen LogP contribution < -0.4 is 10.6 Å². The predicted octanol–water partition coefficient (Wildman–Crippen LogP) is 5.05. The Morgan fingerprint density at radius 2 is 1.88 bits per heavy atom. The summed E-state index contributed by atoms with van der Waals surface area (Å²) in [7, 11) is 0. The standard InChI is InChI=1S/C23H28F3N5O2/c1-12-7-18(20-30-31-21(33-20)29-17-6-5-13(17)10-32)28-19-15(12)8-14(27-11-23(24,25)26)9-16(19)22(2,3)4/h7-9,13,17,27,32H,5-6,10-11H2,1-4H3,(H,29,31)/t13?,17-/m0/s1. The van der Waals surface area contributed by atoms with Gasteiger partial charge in [-0.25, -0.2) is 4.98 Å². The lowest BCUT2D eigenvalue weighted by Gasteiger charge is -2.34. The Kier molecular flexibility index (Phi) is 5.98. The maximum absolute atomic E-state index is 12.7. The second-order valence-corrected chi connectivity index (χ2v) is 9.65. The van der Waals surface area contributed by atoms with E-state index in [0.717, 1.165) is 29.4 Å². The van der Waals surface area contributed by atoms with Crippen LogP contribution in [0.3, 0.4) is 0 Å². The molecular weight excluding hydrogens is 435 g/mol. The largest absolute Gasteiger partial charge is 0.405 e. The van der Waals surface area contributed by atoms with Crippen molar-refractivity contribution in [1.82, 2.24) is 15.2 Å². The fraction of sp³-hybridized carbons (Fsp3) is 0.522. The third-order valence-corrected chi connectivity index (χ3v) is 6.03. The van der Waals surface area contributed by atoms with Crippen molar-refractivity contribution < 1.29 is 22.7 Å². The van der Waals surface area contributed by atoms with Crippen LogP contribution in [0.1, 0.15) is 44.7 Å². The average Bonchev–Trinajstić information content (AvgIpc) is 3.17. The van der Waals surface area contributed by atoms with Crippen molar-refractivity contribution in [2.75, 3.05) is 23.8 Å². The highest BCUT2D eigenvalue weighted by molar-refractivity contribution is 5.90. The average molecular weight is 464 g/mol. The second-order valence-electron chi connectivity index (χ2n) is 9.65. The summed E-state index contributed by atoms with van der Waals surface area (Å²) in [5, 5.41) is 23.9. The van der Waals surface area contributed by atoms with Gasteiger partial charge in [-0.15, -0.1) is 5.10 Å². The smallest absolute Gasteiger partial charge is 0.402 e. The molecule has 0 spiro atoms. The van der Waals surface area contributed by atoms with Gasteiger partial charge in [0.15, 0.2) is 0 Å². The quantitative estimate of drug-likeness (QED) is 0.471. The number of aryl methyl sites for hydroxylation is 1. The molecule has 0 saturated heterocycles. The molecule has 2 heterocycles. The molecule has 33 heavy (non-hydrogen) atoms. The number of nitrogens with one attached hydrogen (secondary N) is 2. The lowest BCUT2D eigenvalue weighted by Crippen LogP contribution is -2.40. The van der Waals surface area contributed by atoms with Gasteiger partial charge >= 0.3 is 12.2 Å². The molecule has 1 unspecified atom stereocenters. The monoisotopic (exact) mass is 463 g/mol. The van der Waals surface area contributed by atoms with E-state index >= 15 is 0 Å². The highest BCUT2D eigenvalue weighted by Crippen LogP contribution is 2.36. The number of fused-ring (bicyclic) bond motifs is 1. The third kappa shape index (κ3) is 5.05. The van der Waals surface area contributed by atoms with E-state index in [2.05, 4.69) is 20.8 Å². The number of halogens is 3. The van der Waals surface area contributed by atoms with E-state index in [4.69, 9.17) is 9.40 Å². The zero-order valence-electron chi connectivity index (χ0n) is 19.0. The highest BCUT2D eigenvalue weighted by atomic mass is 19.4. The molecule has 0 aliphatic heterocycles. The summed E-state index contributed by atoms with van der Waals surface area (Å²) in [5.41, 5.74) is 2.86.